The third-order valence-electron chi connectivity index (χ3n) is 3.32. The molecule has 0 spiro atoms. The summed E-state index contributed by atoms with van der Waals surface area (Å²) in [5.41, 5.74) is 1.32. The lowest BCUT2D eigenvalue weighted by Gasteiger charge is -2.16. The summed E-state index contributed by atoms with van der Waals surface area (Å²) in [7, 11) is 0. The first-order chi connectivity index (χ1) is 7.74. The maximum atomic E-state index is 9.84. The highest BCUT2D eigenvalue weighted by Crippen LogP contribution is 2.34. The van der Waals surface area contributed by atoms with Crippen molar-refractivity contribution in [3.63, 3.8) is 0 Å². The van der Waals surface area contributed by atoms with Crippen molar-refractivity contribution in [1.82, 2.24) is 4.90 Å². The zero-order chi connectivity index (χ0) is 11.5. The summed E-state index contributed by atoms with van der Waals surface area (Å²) in [5, 5.41) is 9.84. The van der Waals surface area contributed by atoms with Crippen LogP contribution in [-0.2, 0) is 0 Å². The molecule has 1 aromatic rings. The van der Waals surface area contributed by atoms with Gasteiger partial charge in [0.15, 0.2) is 0 Å². The van der Waals surface area contributed by atoms with Gasteiger partial charge in [-0.25, -0.2) is 0 Å². The number of rotatable bonds is 5. The lowest BCUT2D eigenvalue weighted by Crippen LogP contribution is -2.19. The molecule has 0 bridgehead atoms. The van der Waals surface area contributed by atoms with Crippen molar-refractivity contribution in [3.05, 3.63) is 48.6 Å². The van der Waals surface area contributed by atoms with Gasteiger partial charge >= 0.3 is 0 Å². The van der Waals surface area contributed by atoms with Crippen molar-refractivity contribution < 1.29 is 5.11 Å². The van der Waals surface area contributed by atoms with Crippen molar-refractivity contribution in [2.24, 2.45) is 0 Å². The first-order valence-electron chi connectivity index (χ1n) is 5.83. The standard InChI is InChI=1S/C14H19NO/c1-3-7-14(16)13-10-15(13)11(2)12-8-5-4-6-9-12/h3-6,8-9,11,13-14,16H,1,7,10H2,2H3/t11-,13+,14+,15?/m0/s1. The minimum Gasteiger partial charge on any atom is -0.391 e. The van der Waals surface area contributed by atoms with E-state index in [9.17, 15) is 5.11 Å². The van der Waals surface area contributed by atoms with Crippen LogP contribution in [0.1, 0.15) is 24.9 Å². The molecule has 2 nitrogen and oxygen atoms in total. The third kappa shape index (κ3) is 2.34. The van der Waals surface area contributed by atoms with Gasteiger partial charge in [-0.2, -0.15) is 0 Å². The van der Waals surface area contributed by atoms with E-state index in [1.54, 1.807) is 6.08 Å². The summed E-state index contributed by atoms with van der Waals surface area (Å²) in [6, 6.07) is 11.1. The van der Waals surface area contributed by atoms with Gasteiger partial charge in [0.05, 0.1) is 6.10 Å². The maximum Gasteiger partial charge on any atom is 0.0742 e. The topological polar surface area (TPSA) is 23.2 Å². The average Bonchev–Trinajstić information content (AvgIpc) is 3.09. The summed E-state index contributed by atoms with van der Waals surface area (Å²) in [4.78, 5) is 2.32. The molecule has 0 amide bonds. The Morgan fingerprint density at radius 2 is 2.19 bits per heavy atom. The molecule has 86 valence electrons. The number of nitrogens with zero attached hydrogens (tertiary/aromatic N) is 1. The molecule has 2 rings (SSSR count). The average molecular weight is 217 g/mol. The Labute approximate surface area is 97.2 Å². The fourth-order valence-electron chi connectivity index (χ4n) is 2.21. The van der Waals surface area contributed by atoms with E-state index in [1.165, 1.54) is 5.56 Å². The van der Waals surface area contributed by atoms with Gasteiger partial charge in [0.1, 0.15) is 0 Å². The van der Waals surface area contributed by atoms with Crippen LogP contribution in [0.4, 0.5) is 0 Å². The van der Waals surface area contributed by atoms with Crippen LogP contribution in [0.15, 0.2) is 43.0 Å². The Balaban J connectivity index is 1.94. The van der Waals surface area contributed by atoms with E-state index in [1.807, 2.05) is 6.07 Å². The summed E-state index contributed by atoms with van der Waals surface area (Å²) in [6.45, 7) is 6.84. The van der Waals surface area contributed by atoms with E-state index < -0.39 is 0 Å². The highest BCUT2D eigenvalue weighted by atomic mass is 16.3. The Morgan fingerprint density at radius 3 is 2.81 bits per heavy atom. The largest absolute Gasteiger partial charge is 0.391 e. The van der Waals surface area contributed by atoms with Gasteiger partial charge in [-0.3, -0.25) is 4.90 Å². The molecule has 16 heavy (non-hydrogen) atoms. The van der Waals surface area contributed by atoms with Crippen LogP contribution in [0, 0.1) is 0 Å². The zero-order valence-corrected chi connectivity index (χ0v) is 9.71. The molecule has 0 aromatic heterocycles. The number of hydrogen-bond acceptors (Lipinski definition) is 2. The second-order valence-corrected chi connectivity index (χ2v) is 4.44. The third-order valence-corrected chi connectivity index (χ3v) is 3.32. The molecule has 4 atom stereocenters. The molecule has 1 saturated heterocycles. The van der Waals surface area contributed by atoms with Crippen molar-refractivity contribution in [3.8, 4) is 0 Å². The lowest BCUT2D eigenvalue weighted by molar-refractivity contribution is 0.152. The molecule has 1 aliphatic heterocycles. The molecule has 1 N–H and O–H groups in total. The highest BCUT2D eigenvalue weighted by Gasteiger charge is 2.42. The van der Waals surface area contributed by atoms with Gasteiger partial charge in [0.2, 0.25) is 0 Å². The summed E-state index contributed by atoms with van der Waals surface area (Å²) < 4.78 is 0. The predicted octanol–water partition coefficient (Wildman–Crippen LogP) is 2.37. The SMILES string of the molecule is C=CC[C@@H](O)[C@H]1CN1[C@@H](C)c1ccccc1. The van der Waals surface area contributed by atoms with Crippen LogP contribution in [0.2, 0.25) is 0 Å². The van der Waals surface area contributed by atoms with Crippen LogP contribution < -0.4 is 0 Å². The fraction of sp³-hybridized carbons (Fsp3) is 0.429. The zero-order valence-electron chi connectivity index (χ0n) is 9.71. The van der Waals surface area contributed by atoms with Gasteiger partial charge in [0, 0.05) is 18.6 Å². The Bertz CT molecular complexity index is 349. The number of hydrogen-bond donors (Lipinski definition) is 1. The fourth-order valence-corrected chi connectivity index (χ4v) is 2.21. The summed E-state index contributed by atoms with van der Waals surface area (Å²) in [6.07, 6.45) is 2.21. The van der Waals surface area contributed by atoms with Crippen LogP contribution in [0.3, 0.4) is 0 Å². The van der Waals surface area contributed by atoms with Crippen LogP contribution >= 0.6 is 0 Å². The molecule has 1 heterocycles. The monoisotopic (exact) mass is 217 g/mol. The number of aliphatic hydroxyl groups is 1. The van der Waals surface area contributed by atoms with Crippen molar-refractivity contribution >= 4 is 0 Å². The Morgan fingerprint density at radius 1 is 1.50 bits per heavy atom. The molecule has 2 heteroatoms. The maximum absolute atomic E-state index is 9.84. The smallest absolute Gasteiger partial charge is 0.0742 e. The number of benzene rings is 1. The van der Waals surface area contributed by atoms with E-state index in [4.69, 9.17) is 0 Å². The second kappa shape index (κ2) is 4.81. The van der Waals surface area contributed by atoms with E-state index >= 15 is 0 Å². The highest BCUT2D eigenvalue weighted by molar-refractivity contribution is 5.20. The summed E-state index contributed by atoms with van der Waals surface area (Å²) >= 11 is 0. The quantitative estimate of drug-likeness (QED) is 0.604. The minimum atomic E-state index is -0.260. The van der Waals surface area contributed by atoms with E-state index in [0.29, 0.717) is 18.5 Å². The molecule has 1 fully saturated rings. The molecule has 1 aliphatic rings. The molecule has 1 aromatic carbocycles. The second-order valence-electron chi connectivity index (χ2n) is 4.44. The van der Waals surface area contributed by atoms with Crippen molar-refractivity contribution in [2.45, 2.75) is 31.5 Å². The Hall–Kier alpha value is -1.12. The first kappa shape index (κ1) is 11.4. The first-order valence-corrected chi connectivity index (χ1v) is 5.83. The van der Waals surface area contributed by atoms with Crippen LogP contribution in [-0.4, -0.2) is 28.7 Å². The van der Waals surface area contributed by atoms with Crippen molar-refractivity contribution in [2.75, 3.05) is 6.54 Å². The van der Waals surface area contributed by atoms with E-state index in [2.05, 4.69) is 42.7 Å². The predicted molar refractivity (Wildman–Crippen MR) is 66.2 cm³/mol. The van der Waals surface area contributed by atoms with Gasteiger partial charge in [-0.05, 0) is 18.9 Å². The Kier molecular flexibility index (Phi) is 3.42. The van der Waals surface area contributed by atoms with Gasteiger partial charge in [-0.15, -0.1) is 6.58 Å². The molecular weight excluding hydrogens is 198 g/mol. The minimum absolute atomic E-state index is 0.260. The summed E-state index contributed by atoms with van der Waals surface area (Å²) in [5.74, 6) is 0. The normalized spacial score (nSPS) is 27.1. The molecular formula is C14H19NO. The number of aliphatic hydroxyl groups excluding tert-OH is 1. The van der Waals surface area contributed by atoms with E-state index in [-0.39, 0.29) is 6.10 Å². The molecule has 1 unspecified atom stereocenters. The van der Waals surface area contributed by atoms with Gasteiger partial charge in [-0.1, -0.05) is 36.4 Å². The molecule has 0 aliphatic carbocycles. The molecule has 0 saturated carbocycles. The van der Waals surface area contributed by atoms with Crippen LogP contribution in [0.5, 0.6) is 0 Å². The van der Waals surface area contributed by atoms with Crippen LogP contribution in [0.25, 0.3) is 0 Å². The van der Waals surface area contributed by atoms with Gasteiger partial charge < -0.3 is 5.11 Å². The van der Waals surface area contributed by atoms with Gasteiger partial charge in [0.25, 0.3) is 0 Å². The molecule has 0 radical (unpaired) electrons. The lowest BCUT2D eigenvalue weighted by atomic mass is 10.1. The van der Waals surface area contributed by atoms with E-state index in [0.717, 1.165) is 6.54 Å². The van der Waals surface area contributed by atoms with Crippen molar-refractivity contribution in [1.29, 1.82) is 0 Å².